The highest BCUT2D eigenvalue weighted by molar-refractivity contribution is 7.99. The van der Waals surface area contributed by atoms with Crippen LogP contribution in [0.5, 0.6) is 0 Å². The topological polar surface area (TPSA) is 55.2 Å². The first-order valence-corrected chi connectivity index (χ1v) is 11.7. The average molecular weight is 434 g/mol. The first-order valence-electron chi connectivity index (χ1n) is 10.7. The standard InChI is InChI=1S/C25H27N3O2S/c1-2-14-28-24(30)21-10-6-7-11-22(21)26-25(28)31-18-23(29)27-15-12-20(13-16-27)17-19-8-4-3-5-9-19/h2-11,20H,1,12-18H2. The van der Waals surface area contributed by atoms with Gasteiger partial charge in [-0.15, -0.1) is 6.58 Å². The summed E-state index contributed by atoms with van der Waals surface area (Å²) in [7, 11) is 0. The zero-order valence-electron chi connectivity index (χ0n) is 17.6. The van der Waals surface area contributed by atoms with Gasteiger partial charge in [-0.05, 0) is 42.9 Å². The van der Waals surface area contributed by atoms with E-state index in [1.54, 1.807) is 16.7 Å². The summed E-state index contributed by atoms with van der Waals surface area (Å²) < 4.78 is 1.60. The van der Waals surface area contributed by atoms with Gasteiger partial charge in [-0.3, -0.25) is 14.2 Å². The molecular formula is C25H27N3O2S. The van der Waals surface area contributed by atoms with Gasteiger partial charge in [-0.1, -0.05) is 60.3 Å². The van der Waals surface area contributed by atoms with Crippen LogP contribution in [0.25, 0.3) is 10.9 Å². The van der Waals surface area contributed by atoms with Crippen LogP contribution in [0.15, 0.2) is 77.2 Å². The molecule has 1 aliphatic rings. The number of rotatable bonds is 7. The number of carbonyl (C=O) groups excluding carboxylic acids is 1. The molecule has 1 fully saturated rings. The van der Waals surface area contributed by atoms with Crippen LogP contribution in [-0.4, -0.2) is 39.2 Å². The van der Waals surface area contributed by atoms with E-state index in [0.29, 0.717) is 28.5 Å². The van der Waals surface area contributed by atoms with Crippen LogP contribution in [-0.2, 0) is 17.8 Å². The molecule has 0 spiro atoms. The number of nitrogens with zero attached hydrogens (tertiary/aromatic N) is 3. The summed E-state index contributed by atoms with van der Waals surface area (Å²) in [6.07, 6.45) is 4.81. The number of benzene rings is 2. The fourth-order valence-electron chi connectivity index (χ4n) is 4.10. The van der Waals surface area contributed by atoms with E-state index in [1.807, 2.05) is 29.2 Å². The van der Waals surface area contributed by atoms with Crippen LogP contribution >= 0.6 is 11.8 Å². The molecule has 1 saturated heterocycles. The second-order valence-corrected chi connectivity index (χ2v) is 8.86. The van der Waals surface area contributed by atoms with Gasteiger partial charge in [0.05, 0.1) is 16.7 Å². The minimum Gasteiger partial charge on any atom is -0.342 e. The van der Waals surface area contributed by atoms with Crippen molar-refractivity contribution in [2.24, 2.45) is 5.92 Å². The number of thioether (sulfide) groups is 1. The van der Waals surface area contributed by atoms with Crippen LogP contribution in [0.1, 0.15) is 18.4 Å². The van der Waals surface area contributed by atoms with Crippen molar-refractivity contribution in [3.8, 4) is 0 Å². The zero-order valence-corrected chi connectivity index (χ0v) is 18.4. The Bertz CT molecular complexity index is 1120. The van der Waals surface area contributed by atoms with Crippen molar-refractivity contribution in [1.82, 2.24) is 14.5 Å². The molecule has 2 heterocycles. The van der Waals surface area contributed by atoms with Crippen molar-refractivity contribution in [2.75, 3.05) is 18.8 Å². The number of allylic oxidation sites excluding steroid dienone is 1. The smallest absolute Gasteiger partial charge is 0.262 e. The predicted molar refractivity (Wildman–Crippen MR) is 126 cm³/mol. The van der Waals surface area contributed by atoms with Crippen molar-refractivity contribution >= 4 is 28.6 Å². The van der Waals surface area contributed by atoms with Crippen LogP contribution in [0, 0.1) is 5.92 Å². The van der Waals surface area contributed by atoms with Crippen molar-refractivity contribution in [2.45, 2.75) is 31.0 Å². The van der Waals surface area contributed by atoms with Crippen molar-refractivity contribution in [3.63, 3.8) is 0 Å². The number of piperidine rings is 1. The van der Waals surface area contributed by atoms with Gasteiger partial charge in [0.2, 0.25) is 5.91 Å². The van der Waals surface area contributed by atoms with Gasteiger partial charge in [-0.25, -0.2) is 4.98 Å². The molecule has 0 bridgehead atoms. The molecule has 0 unspecified atom stereocenters. The maximum atomic E-state index is 12.8. The highest BCUT2D eigenvalue weighted by Gasteiger charge is 2.23. The van der Waals surface area contributed by atoms with E-state index in [1.165, 1.54) is 17.3 Å². The number of aromatic nitrogens is 2. The van der Waals surface area contributed by atoms with Gasteiger partial charge in [0, 0.05) is 19.6 Å². The van der Waals surface area contributed by atoms with E-state index in [-0.39, 0.29) is 17.2 Å². The van der Waals surface area contributed by atoms with E-state index in [9.17, 15) is 9.59 Å². The van der Waals surface area contributed by atoms with Gasteiger partial charge in [0.1, 0.15) is 0 Å². The molecule has 1 aromatic heterocycles. The van der Waals surface area contributed by atoms with Crippen LogP contribution in [0.4, 0.5) is 0 Å². The van der Waals surface area contributed by atoms with Crippen molar-refractivity contribution in [3.05, 3.63) is 83.2 Å². The van der Waals surface area contributed by atoms with Gasteiger partial charge in [0.15, 0.2) is 5.16 Å². The summed E-state index contributed by atoms with van der Waals surface area (Å²) in [6.45, 7) is 5.71. The third kappa shape index (κ3) is 5.07. The minimum absolute atomic E-state index is 0.0952. The van der Waals surface area contributed by atoms with E-state index < -0.39 is 0 Å². The lowest BCUT2D eigenvalue weighted by Crippen LogP contribution is -2.40. The number of hydrogen-bond acceptors (Lipinski definition) is 4. The quantitative estimate of drug-likeness (QED) is 0.319. The largest absolute Gasteiger partial charge is 0.342 e. The molecule has 4 rings (SSSR count). The Morgan fingerprint density at radius 2 is 1.81 bits per heavy atom. The summed E-state index contributed by atoms with van der Waals surface area (Å²) in [5.74, 6) is 1.01. The van der Waals surface area contributed by atoms with Gasteiger partial charge in [0.25, 0.3) is 5.56 Å². The predicted octanol–water partition coefficient (Wildman–Crippen LogP) is 4.16. The van der Waals surface area contributed by atoms with E-state index >= 15 is 0 Å². The maximum absolute atomic E-state index is 12.8. The molecule has 1 aliphatic heterocycles. The Kier molecular flexibility index (Phi) is 6.87. The Hall–Kier alpha value is -2.86. The SMILES string of the molecule is C=CCn1c(SCC(=O)N2CCC(Cc3ccccc3)CC2)nc2ccccc2c1=O. The molecule has 5 nitrogen and oxygen atoms in total. The van der Waals surface area contributed by atoms with E-state index in [2.05, 4.69) is 35.8 Å². The lowest BCUT2D eigenvalue weighted by atomic mass is 9.90. The summed E-state index contributed by atoms with van der Waals surface area (Å²) in [5.41, 5.74) is 1.93. The third-order valence-electron chi connectivity index (χ3n) is 5.80. The molecule has 1 amide bonds. The van der Waals surface area contributed by atoms with Crippen LogP contribution < -0.4 is 5.56 Å². The summed E-state index contributed by atoms with van der Waals surface area (Å²) >= 11 is 1.33. The molecule has 0 saturated carbocycles. The number of fused-ring (bicyclic) bond motifs is 1. The Morgan fingerprint density at radius 1 is 1.10 bits per heavy atom. The molecule has 6 heteroatoms. The monoisotopic (exact) mass is 433 g/mol. The number of para-hydroxylation sites is 1. The Balaban J connectivity index is 1.38. The molecule has 3 aromatic rings. The fraction of sp³-hybridized carbons (Fsp3) is 0.320. The average Bonchev–Trinajstić information content (AvgIpc) is 2.81. The summed E-state index contributed by atoms with van der Waals surface area (Å²) in [4.78, 5) is 32.2. The van der Waals surface area contributed by atoms with Crippen molar-refractivity contribution in [1.29, 1.82) is 0 Å². The van der Waals surface area contributed by atoms with Crippen LogP contribution in [0.3, 0.4) is 0 Å². The zero-order chi connectivity index (χ0) is 21.6. The highest BCUT2D eigenvalue weighted by atomic mass is 32.2. The molecule has 0 atom stereocenters. The van der Waals surface area contributed by atoms with Gasteiger partial charge in [-0.2, -0.15) is 0 Å². The van der Waals surface area contributed by atoms with Gasteiger partial charge < -0.3 is 4.90 Å². The Morgan fingerprint density at radius 3 is 2.55 bits per heavy atom. The fourth-order valence-corrected chi connectivity index (χ4v) is 5.01. The Labute approximate surface area is 186 Å². The van der Waals surface area contributed by atoms with E-state index in [4.69, 9.17) is 0 Å². The molecule has 0 radical (unpaired) electrons. The maximum Gasteiger partial charge on any atom is 0.262 e. The first kappa shape index (κ1) is 21.4. The highest BCUT2D eigenvalue weighted by Crippen LogP contribution is 2.23. The summed E-state index contributed by atoms with van der Waals surface area (Å²) in [6, 6.07) is 17.9. The molecule has 160 valence electrons. The summed E-state index contributed by atoms with van der Waals surface area (Å²) in [5, 5.41) is 1.15. The number of amides is 1. The first-order chi connectivity index (χ1) is 15.2. The second-order valence-electron chi connectivity index (χ2n) is 7.92. The lowest BCUT2D eigenvalue weighted by Gasteiger charge is -2.32. The van der Waals surface area contributed by atoms with Gasteiger partial charge >= 0.3 is 0 Å². The second kappa shape index (κ2) is 9.96. The molecule has 0 N–H and O–H groups in total. The lowest BCUT2D eigenvalue weighted by molar-refractivity contribution is -0.129. The minimum atomic E-state index is -0.0952. The normalized spacial score (nSPS) is 14.6. The van der Waals surface area contributed by atoms with Crippen molar-refractivity contribution < 1.29 is 4.79 Å². The number of carbonyl (C=O) groups is 1. The van der Waals surface area contributed by atoms with E-state index in [0.717, 1.165) is 32.4 Å². The molecule has 31 heavy (non-hydrogen) atoms. The molecule has 0 aliphatic carbocycles. The third-order valence-corrected chi connectivity index (χ3v) is 6.76. The number of likely N-dealkylation sites (tertiary alicyclic amines) is 1. The van der Waals surface area contributed by atoms with Crippen LogP contribution in [0.2, 0.25) is 0 Å². The molecular weight excluding hydrogens is 406 g/mol. The molecule has 2 aromatic carbocycles. The number of hydrogen-bond donors (Lipinski definition) is 0.